The van der Waals surface area contributed by atoms with Gasteiger partial charge in [-0.05, 0) is 5.56 Å². The molecule has 0 radical (unpaired) electrons. The van der Waals surface area contributed by atoms with Crippen LogP contribution in [0.25, 0.3) is 0 Å². The second kappa shape index (κ2) is 3.71. The fourth-order valence-electron chi connectivity index (χ4n) is 1.22. The van der Waals surface area contributed by atoms with Crippen LogP contribution in [0, 0.1) is 0 Å². The maximum atomic E-state index is 10.3. The molecule has 1 rings (SSSR count). The number of aliphatic hydroxyl groups is 1. The molecule has 2 heteroatoms. The van der Waals surface area contributed by atoms with Crippen LogP contribution in [0.3, 0.4) is 0 Å². The monoisotopic (exact) mass is 194 g/mol. The highest BCUT2D eigenvalue weighted by molar-refractivity contribution is 5.15. The molecule has 0 aliphatic heterocycles. The minimum absolute atomic E-state index is 0.544. The third-order valence-electron chi connectivity index (χ3n) is 2.83. The fraction of sp³-hybridized carbons (Fsp3) is 0.500. The Morgan fingerprint density at radius 3 is 2.07 bits per heavy atom. The van der Waals surface area contributed by atoms with Gasteiger partial charge in [0.1, 0.15) is 0 Å². The summed E-state index contributed by atoms with van der Waals surface area (Å²) in [5.41, 5.74) is 0.451. The Bertz CT molecular complexity index is 285. The molecule has 1 atom stereocenters. The first-order chi connectivity index (χ1) is 6.33. The zero-order valence-corrected chi connectivity index (χ0v) is 9.49. The van der Waals surface area contributed by atoms with Crippen molar-refractivity contribution in [3.05, 3.63) is 35.9 Å². The lowest BCUT2D eigenvalue weighted by Crippen LogP contribution is -2.56. The van der Waals surface area contributed by atoms with Crippen LogP contribution in [-0.4, -0.2) is 36.5 Å². The lowest BCUT2D eigenvalue weighted by atomic mass is 10.0. The molecule has 78 valence electrons. The molecule has 0 amide bonds. The average Bonchev–Trinajstić information content (AvgIpc) is 2.03. The molecule has 0 spiro atoms. The van der Waals surface area contributed by atoms with Gasteiger partial charge < -0.3 is 9.59 Å². The summed E-state index contributed by atoms with van der Waals surface area (Å²) >= 11 is 0. The van der Waals surface area contributed by atoms with E-state index in [0.717, 1.165) is 0 Å². The summed E-state index contributed by atoms with van der Waals surface area (Å²) in [4.78, 5) is 0. The van der Waals surface area contributed by atoms with Crippen molar-refractivity contribution < 1.29 is 9.59 Å². The molecule has 14 heavy (non-hydrogen) atoms. The number of likely N-dealkylation sites (N-methyl/N-ethyl adjacent to an activating group) is 1. The molecular formula is C12H20NO+. The van der Waals surface area contributed by atoms with Gasteiger partial charge in [-0.15, -0.1) is 0 Å². The highest BCUT2D eigenvalue weighted by Gasteiger charge is 2.35. The number of hydrogen-bond donors (Lipinski definition) is 1. The van der Waals surface area contributed by atoms with E-state index in [4.69, 9.17) is 0 Å². The number of rotatable bonds is 3. The van der Waals surface area contributed by atoms with Crippen molar-refractivity contribution >= 4 is 0 Å². The summed E-state index contributed by atoms with van der Waals surface area (Å²) < 4.78 is 0.544. The Kier molecular flexibility index (Phi) is 2.98. The summed E-state index contributed by atoms with van der Waals surface area (Å²) in [6.45, 7) is 1.88. The molecule has 1 aromatic rings. The molecule has 0 bridgehead atoms. The molecule has 0 aliphatic carbocycles. The Hall–Kier alpha value is -0.860. The third-order valence-corrected chi connectivity index (χ3v) is 2.83. The van der Waals surface area contributed by atoms with Crippen molar-refractivity contribution in [3.8, 4) is 0 Å². The van der Waals surface area contributed by atoms with Crippen LogP contribution in [-0.2, 0) is 6.42 Å². The molecule has 0 fully saturated rings. The van der Waals surface area contributed by atoms with Gasteiger partial charge in [-0.2, -0.15) is 0 Å². The number of quaternary nitrogens is 1. The van der Waals surface area contributed by atoms with Crippen LogP contribution in [0.15, 0.2) is 30.3 Å². The summed E-state index contributed by atoms with van der Waals surface area (Å²) in [6, 6.07) is 10.1. The number of nitrogens with zero attached hydrogens (tertiary/aromatic N) is 1. The second-order valence-corrected chi connectivity index (χ2v) is 4.89. The number of hydrogen-bond acceptors (Lipinski definition) is 1. The Balaban J connectivity index is 2.79. The molecule has 0 aliphatic rings. The van der Waals surface area contributed by atoms with E-state index in [1.165, 1.54) is 5.56 Å². The van der Waals surface area contributed by atoms with E-state index in [1.54, 1.807) is 0 Å². The van der Waals surface area contributed by atoms with Gasteiger partial charge in [0.25, 0.3) is 0 Å². The zero-order valence-electron chi connectivity index (χ0n) is 9.49. The maximum Gasteiger partial charge on any atom is 0.201 e. The van der Waals surface area contributed by atoms with E-state index in [2.05, 4.69) is 0 Å². The van der Waals surface area contributed by atoms with E-state index in [1.807, 2.05) is 58.4 Å². The van der Waals surface area contributed by atoms with Crippen LogP contribution >= 0.6 is 0 Å². The van der Waals surface area contributed by atoms with Crippen molar-refractivity contribution in [2.24, 2.45) is 0 Å². The van der Waals surface area contributed by atoms with Crippen LogP contribution in [0.2, 0.25) is 0 Å². The fourth-order valence-corrected chi connectivity index (χ4v) is 1.22. The molecule has 0 aromatic heterocycles. The summed E-state index contributed by atoms with van der Waals surface area (Å²) in [5.74, 6) is 0. The minimum Gasteiger partial charge on any atom is -0.342 e. The Morgan fingerprint density at radius 1 is 1.14 bits per heavy atom. The van der Waals surface area contributed by atoms with Gasteiger partial charge in [0.15, 0.2) is 0 Å². The molecule has 1 N–H and O–H groups in total. The smallest absolute Gasteiger partial charge is 0.201 e. The van der Waals surface area contributed by atoms with E-state index in [0.29, 0.717) is 10.9 Å². The normalized spacial score (nSPS) is 16.4. The van der Waals surface area contributed by atoms with Gasteiger partial charge in [0.2, 0.25) is 5.72 Å². The quantitative estimate of drug-likeness (QED) is 0.573. The highest BCUT2D eigenvalue weighted by atomic mass is 16.3. The van der Waals surface area contributed by atoms with Crippen LogP contribution in [0.1, 0.15) is 12.5 Å². The van der Waals surface area contributed by atoms with E-state index >= 15 is 0 Å². The van der Waals surface area contributed by atoms with Gasteiger partial charge >= 0.3 is 0 Å². The summed E-state index contributed by atoms with van der Waals surface area (Å²) in [7, 11) is 6.01. The Labute approximate surface area is 86.4 Å². The lowest BCUT2D eigenvalue weighted by molar-refractivity contribution is -0.947. The molecule has 1 unspecified atom stereocenters. The van der Waals surface area contributed by atoms with Gasteiger partial charge in [-0.1, -0.05) is 30.3 Å². The molecule has 0 saturated heterocycles. The van der Waals surface area contributed by atoms with Crippen molar-refractivity contribution in [1.29, 1.82) is 0 Å². The van der Waals surface area contributed by atoms with Gasteiger partial charge in [0, 0.05) is 6.92 Å². The van der Waals surface area contributed by atoms with E-state index in [9.17, 15) is 5.11 Å². The molecule has 1 aromatic carbocycles. The van der Waals surface area contributed by atoms with Gasteiger partial charge in [-0.3, -0.25) is 0 Å². The average molecular weight is 194 g/mol. The minimum atomic E-state index is -0.721. The van der Waals surface area contributed by atoms with Crippen LogP contribution in [0.4, 0.5) is 0 Å². The van der Waals surface area contributed by atoms with Crippen molar-refractivity contribution in [2.75, 3.05) is 21.1 Å². The predicted molar refractivity (Wildman–Crippen MR) is 58.8 cm³/mol. The SMILES string of the molecule is CC(O)(Cc1ccccc1)[N+](C)(C)C. The summed E-state index contributed by atoms with van der Waals surface area (Å²) in [6.07, 6.45) is 0.678. The zero-order chi connectivity index (χ0) is 10.8. The van der Waals surface area contributed by atoms with Crippen molar-refractivity contribution in [2.45, 2.75) is 19.1 Å². The predicted octanol–water partition coefficient (Wildman–Crippen LogP) is 1.64. The third kappa shape index (κ3) is 2.56. The molecule has 0 saturated carbocycles. The number of benzene rings is 1. The van der Waals surface area contributed by atoms with Crippen LogP contribution < -0.4 is 0 Å². The first kappa shape index (κ1) is 11.2. The van der Waals surface area contributed by atoms with Crippen LogP contribution in [0.5, 0.6) is 0 Å². The Morgan fingerprint density at radius 2 is 1.64 bits per heavy atom. The molecular weight excluding hydrogens is 174 g/mol. The molecule has 0 heterocycles. The summed E-state index contributed by atoms with van der Waals surface area (Å²) in [5, 5.41) is 10.3. The topological polar surface area (TPSA) is 20.2 Å². The van der Waals surface area contributed by atoms with E-state index < -0.39 is 5.72 Å². The van der Waals surface area contributed by atoms with Crippen molar-refractivity contribution in [3.63, 3.8) is 0 Å². The van der Waals surface area contributed by atoms with Gasteiger partial charge in [0.05, 0.1) is 27.6 Å². The largest absolute Gasteiger partial charge is 0.342 e. The second-order valence-electron chi connectivity index (χ2n) is 4.89. The standard InChI is InChI=1S/C12H20NO/c1-12(14,13(2,3)4)10-11-8-6-5-7-9-11/h5-9,14H,10H2,1-4H3/q+1. The van der Waals surface area contributed by atoms with Crippen molar-refractivity contribution in [1.82, 2.24) is 0 Å². The maximum absolute atomic E-state index is 10.3. The van der Waals surface area contributed by atoms with E-state index in [-0.39, 0.29) is 0 Å². The first-order valence-corrected chi connectivity index (χ1v) is 4.91. The molecule has 2 nitrogen and oxygen atoms in total. The highest BCUT2D eigenvalue weighted by Crippen LogP contribution is 2.20. The first-order valence-electron chi connectivity index (χ1n) is 4.91. The van der Waals surface area contributed by atoms with Gasteiger partial charge in [-0.25, -0.2) is 0 Å². The lowest BCUT2D eigenvalue weighted by Gasteiger charge is -2.39.